The summed E-state index contributed by atoms with van der Waals surface area (Å²) in [4.78, 5) is 11.2. The van der Waals surface area contributed by atoms with Crippen LogP contribution in [-0.2, 0) is 9.53 Å². The molecule has 4 nitrogen and oxygen atoms in total. The molecule has 0 saturated carbocycles. The van der Waals surface area contributed by atoms with E-state index in [4.69, 9.17) is 10.5 Å². The maximum absolute atomic E-state index is 11.2. The molecule has 1 atom stereocenters. The molecule has 2 rings (SSSR count). The van der Waals surface area contributed by atoms with Crippen molar-refractivity contribution in [3.05, 3.63) is 60.2 Å². The fraction of sp³-hybridized carbons (Fsp3) is 0.188. The van der Waals surface area contributed by atoms with Gasteiger partial charge in [-0.2, -0.15) is 0 Å². The molecule has 0 bridgehead atoms. The molecule has 2 aromatic rings. The van der Waals surface area contributed by atoms with Gasteiger partial charge in [-0.25, -0.2) is 0 Å². The molecular formula is C16H17NO3. The van der Waals surface area contributed by atoms with E-state index >= 15 is 0 Å². The zero-order valence-corrected chi connectivity index (χ0v) is 11.3. The maximum Gasteiger partial charge on any atom is 0.307 e. The Hall–Kier alpha value is -2.33. The molecule has 2 aromatic carbocycles. The fourth-order valence-corrected chi connectivity index (χ4v) is 1.79. The Kier molecular flexibility index (Phi) is 4.74. The predicted molar refractivity (Wildman–Crippen MR) is 76.5 cm³/mol. The molecule has 0 aromatic heterocycles. The number of carbonyl (C=O) groups excluding carboxylic acids is 1. The van der Waals surface area contributed by atoms with Crippen molar-refractivity contribution in [2.24, 2.45) is 5.73 Å². The van der Waals surface area contributed by atoms with Gasteiger partial charge in [0.25, 0.3) is 0 Å². The van der Waals surface area contributed by atoms with Gasteiger partial charge < -0.3 is 15.2 Å². The van der Waals surface area contributed by atoms with Crippen molar-refractivity contribution in [3.63, 3.8) is 0 Å². The molecule has 0 amide bonds. The van der Waals surface area contributed by atoms with Crippen LogP contribution in [0.3, 0.4) is 0 Å². The van der Waals surface area contributed by atoms with Gasteiger partial charge in [-0.1, -0.05) is 30.3 Å². The lowest BCUT2D eigenvalue weighted by atomic mass is 10.0. The number of nitrogens with two attached hydrogens (primary N) is 1. The number of benzene rings is 2. The lowest BCUT2D eigenvalue weighted by Crippen LogP contribution is -2.16. The summed E-state index contributed by atoms with van der Waals surface area (Å²) in [7, 11) is 1.35. The molecule has 2 N–H and O–H groups in total. The summed E-state index contributed by atoms with van der Waals surface area (Å²) >= 11 is 0. The molecule has 4 heteroatoms. The quantitative estimate of drug-likeness (QED) is 0.849. The molecule has 104 valence electrons. The summed E-state index contributed by atoms with van der Waals surface area (Å²) in [5, 5.41) is 0. The van der Waals surface area contributed by atoms with Crippen LogP contribution in [0.4, 0.5) is 0 Å². The van der Waals surface area contributed by atoms with Crippen molar-refractivity contribution >= 4 is 5.97 Å². The average molecular weight is 271 g/mol. The third kappa shape index (κ3) is 3.83. The second kappa shape index (κ2) is 6.73. The zero-order valence-electron chi connectivity index (χ0n) is 11.3. The normalized spacial score (nSPS) is 11.7. The second-order valence-corrected chi connectivity index (χ2v) is 4.37. The molecule has 0 aliphatic carbocycles. The van der Waals surface area contributed by atoms with E-state index in [1.165, 1.54) is 7.11 Å². The van der Waals surface area contributed by atoms with Gasteiger partial charge >= 0.3 is 5.97 Å². The van der Waals surface area contributed by atoms with E-state index in [0.29, 0.717) is 0 Å². The van der Waals surface area contributed by atoms with E-state index in [1.54, 1.807) is 0 Å². The fourth-order valence-electron chi connectivity index (χ4n) is 1.79. The number of methoxy groups -OCH3 is 1. The van der Waals surface area contributed by atoms with E-state index in [9.17, 15) is 4.79 Å². The summed E-state index contributed by atoms with van der Waals surface area (Å²) in [6.45, 7) is 0. The monoisotopic (exact) mass is 271 g/mol. The van der Waals surface area contributed by atoms with Gasteiger partial charge in [-0.05, 0) is 29.8 Å². The van der Waals surface area contributed by atoms with E-state index in [2.05, 4.69) is 4.74 Å². The molecule has 0 aliphatic rings. The standard InChI is InChI=1S/C16H17NO3/c1-19-16(18)11-15(17)12-7-9-14(10-8-12)20-13-5-3-2-4-6-13/h2-10,15H,11,17H2,1H3/t15-/m0/s1. The van der Waals surface area contributed by atoms with Crippen molar-refractivity contribution in [2.45, 2.75) is 12.5 Å². The van der Waals surface area contributed by atoms with Crippen molar-refractivity contribution in [2.75, 3.05) is 7.11 Å². The Morgan fingerprint density at radius 2 is 1.65 bits per heavy atom. The minimum absolute atomic E-state index is 0.162. The van der Waals surface area contributed by atoms with Crippen molar-refractivity contribution in [1.82, 2.24) is 0 Å². The van der Waals surface area contributed by atoms with Gasteiger partial charge in [0.15, 0.2) is 0 Å². The molecule has 20 heavy (non-hydrogen) atoms. The van der Waals surface area contributed by atoms with Crippen molar-refractivity contribution in [1.29, 1.82) is 0 Å². The Balaban J connectivity index is 2.01. The summed E-state index contributed by atoms with van der Waals surface area (Å²) in [5.74, 6) is 1.19. The lowest BCUT2D eigenvalue weighted by Gasteiger charge is -2.11. The first-order chi connectivity index (χ1) is 9.69. The molecule has 0 heterocycles. The average Bonchev–Trinajstić information content (AvgIpc) is 2.49. The number of para-hydroxylation sites is 1. The number of hydrogen-bond donors (Lipinski definition) is 1. The van der Waals surface area contributed by atoms with Gasteiger partial charge in [-0.3, -0.25) is 4.79 Å². The number of hydrogen-bond acceptors (Lipinski definition) is 4. The number of rotatable bonds is 5. The summed E-state index contributed by atoms with van der Waals surface area (Å²) in [6.07, 6.45) is 0.162. The topological polar surface area (TPSA) is 61.5 Å². The van der Waals surface area contributed by atoms with Crippen LogP contribution in [0.1, 0.15) is 18.0 Å². The Labute approximate surface area is 118 Å². The van der Waals surface area contributed by atoms with Crippen molar-refractivity contribution < 1.29 is 14.3 Å². The van der Waals surface area contributed by atoms with Gasteiger partial charge in [0, 0.05) is 6.04 Å². The van der Waals surface area contributed by atoms with Crippen LogP contribution in [0.2, 0.25) is 0 Å². The van der Waals surface area contributed by atoms with Crippen LogP contribution >= 0.6 is 0 Å². The minimum atomic E-state index is -0.367. The van der Waals surface area contributed by atoms with Crippen LogP contribution < -0.4 is 10.5 Å². The van der Waals surface area contributed by atoms with Crippen LogP contribution in [0, 0.1) is 0 Å². The Morgan fingerprint density at radius 3 is 2.25 bits per heavy atom. The highest BCUT2D eigenvalue weighted by molar-refractivity contribution is 5.70. The summed E-state index contributed by atoms with van der Waals surface area (Å²) in [6, 6.07) is 16.5. The van der Waals surface area contributed by atoms with Gasteiger partial charge in [0.1, 0.15) is 11.5 Å². The Bertz CT molecular complexity index is 552. The Morgan fingerprint density at radius 1 is 1.05 bits per heavy atom. The van der Waals surface area contributed by atoms with Crippen molar-refractivity contribution in [3.8, 4) is 11.5 Å². The van der Waals surface area contributed by atoms with Gasteiger partial charge in [0.05, 0.1) is 13.5 Å². The third-order valence-corrected chi connectivity index (χ3v) is 2.90. The molecular weight excluding hydrogens is 254 g/mol. The third-order valence-electron chi connectivity index (χ3n) is 2.90. The van der Waals surface area contributed by atoms with E-state index in [0.717, 1.165) is 17.1 Å². The summed E-state index contributed by atoms with van der Waals surface area (Å²) in [5.41, 5.74) is 6.80. The van der Waals surface area contributed by atoms with Crippen LogP contribution in [0.5, 0.6) is 11.5 Å². The maximum atomic E-state index is 11.2. The molecule has 0 saturated heterocycles. The zero-order chi connectivity index (χ0) is 14.4. The second-order valence-electron chi connectivity index (χ2n) is 4.37. The first-order valence-corrected chi connectivity index (χ1v) is 6.34. The molecule has 0 spiro atoms. The molecule has 0 unspecified atom stereocenters. The first-order valence-electron chi connectivity index (χ1n) is 6.34. The van der Waals surface area contributed by atoms with E-state index in [-0.39, 0.29) is 18.4 Å². The number of carbonyl (C=O) groups is 1. The number of ether oxygens (including phenoxy) is 2. The first kappa shape index (κ1) is 14.1. The van der Waals surface area contributed by atoms with Crippen LogP contribution in [-0.4, -0.2) is 13.1 Å². The minimum Gasteiger partial charge on any atom is -0.469 e. The van der Waals surface area contributed by atoms with Crippen LogP contribution in [0.25, 0.3) is 0 Å². The largest absolute Gasteiger partial charge is 0.469 e. The van der Waals surface area contributed by atoms with E-state index < -0.39 is 0 Å². The van der Waals surface area contributed by atoms with E-state index in [1.807, 2.05) is 54.6 Å². The van der Waals surface area contributed by atoms with Crippen LogP contribution in [0.15, 0.2) is 54.6 Å². The highest BCUT2D eigenvalue weighted by atomic mass is 16.5. The highest BCUT2D eigenvalue weighted by Crippen LogP contribution is 2.23. The molecule has 0 aliphatic heterocycles. The molecule has 0 fully saturated rings. The van der Waals surface area contributed by atoms with Gasteiger partial charge in [-0.15, -0.1) is 0 Å². The van der Waals surface area contributed by atoms with Gasteiger partial charge in [0.2, 0.25) is 0 Å². The lowest BCUT2D eigenvalue weighted by molar-refractivity contribution is -0.141. The predicted octanol–water partition coefficient (Wildman–Crippen LogP) is 3.04. The number of esters is 1. The summed E-state index contributed by atoms with van der Waals surface area (Å²) < 4.78 is 10.3. The SMILES string of the molecule is COC(=O)C[C@H](N)c1ccc(Oc2ccccc2)cc1. The molecule has 0 radical (unpaired) electrons. The smallest absolute Gasteiger partial charge is 0.307 e. The highest BCUT2D eigenvalue weighted by Gasteiger charge is 2.11.